The Morgan fingerprint density at radius 2 is 2.22 bits per heavy atom. The predicted octanol–water partition coefficient (Wildman–Crippen LogP) is 3.13. The van der Waals surface area contributed by atoms with Crippen LogP contribution < -0.4 is 4.74 Å². The summed E-state index contributed by atoms with van der Waals surface area (Å²) in [5, 5.41) is 18.8. The zero-order chi connectivity index (χ0) is 13.3. The number of ether oxygens (including phenoxy) is 1. The molecule has 98 valence electrons. The number of hydrogen-bond donors (Lipinski definition) is 2. The molecular formula is C13H15BrO4. The van der Waals surface area contributed by atoms with E-state index in [9.17, 15) is 9.90 Å². The lowest BCUT2D eigenvalue weighted by Crippen LogP contribution is -2.09. The number of halogens is 1. The lowest BCUT2D eigenvalue weighted by molar-refractivity contribution is -0.137. The predicted molar refractivity (Wildman–Crippen MR) is 70.1 cm³/mol. The van der Waals surface area contributed by atoms with E-state index >= 15 is 0 Å². The van der Waals surface area contributed by atoms with Gasteiger partial charge in [-0.1, -0.05) is 15.9 Å². The van der Waals surface area contributed by atoms with Gasteiger partial charge in [-0.05, 0) is 42.4 Å². The normalized spacial score (nSPS) is 16.3. The van der Waals surface area contributed by atoms with E-state index in [1.165, 1.54) is 7.11 Å². The number of phenolic OH excluding ortho intramolecular Hbond substituents is 1. The maximum Gasteiger partial charge on any atom is 0.303 e. The minimum atomic E-state index is -0.811. The molecule has 0 spiro atoms. The molecular weight excluding hydrogens is 300 g/mol. The van der Waals surface area contributed by atoms with E-state index in [1.54, 1.807) is 12.1 Å². The third-order valence-electron chi connectivity index (χ3n) is 3.28. The molecule has 0 radical (unpaired) electrons. The highest BCUT2D eigenvalue weighted by Crippen LogP contribution is 2.48. The summed E-state index contributed by atoms with van der Waals surface area (Å²) in [6, 6.07) is 3.29. The van der Waals surface area contributed by atoms with E-state index in [0.29, 0.717) is 11.7 Å². The molecule has 0 heterocycles. The molecule has 1 aromatic carbocycles. The fourth-order valence-electron chi connectivity index (χ4n) is 2.22. The molecule has 0 bridgehead atoms. The van der Waals surface area contributed by atoms with E-state index in [4.69, 9.17) is 9.84 Å². The number of hydrogen-bond acceptors (Lipinski definition) is 3. The van der Waals surface area contributed by atoms with Crippen LogP contribution in [0.2, 0.25) is 0 Å². The number of phenols is 1. The first-order valence-electron chi connectivity index (χ1n) is 5.81. The largest absolute Gasteiger partial charge is 0.504 e. The quantitative estimate of drug-likeness (QED) is 0.876. The molecule has 1 aliphatic rings. The molecule has 1 fully saturated rings. The molecule has 0 amide bonds. The summed E-state index contributed by atoms with van der Waals surface area (Å²) in [5.41, 5.74) is 0.846. The summed E-state index contributed by atoms with van der Waals surface area (Å²) in [5.74, 6) is -0.0183. The summed E-state index contributed by atoms with van der Waals surface area (Å²) in [7, 11) is 1.48. The summed E-state index contributed by atoms with van der Waals surface area (Å²) in [6.07, 6.45) is 2.20. The van der Waals surface area contributed by atoms with Crippen molar-refractivity contribution in [3.63, 3.8) is 0 Å². The molecule has 0 saturated heterocycles. The smallest absolute Gasteiger partial charge is 0.303 e. The van der Waals surface area contributed by atoms with Crippen LogP contribution in [-0.4, -0.2) is 23.3 Å². The summed E-state index contributed by atoms with van der Waals surface area (Å²) < 4.78 is 5.81. The number of carboxylic acids is 1. The zero-order valence-corrected chi connectivity index (χ0v) is 11.6. The van der Waals surface area contributed by atoms with Gasteiger partial charge in [0.25, 0.3) is 0 Å². The molecule has 2 N–H and O–H groups in total. The SMILES string of the molecule is COc1cc(Br)c(C(CC(=O)O)C2CC2)cc1O. The van der Waals surface area contributed by atoms with Crippen molar-refractivity contribution in [3.05, 3.63) is 22.2 Å². The average molecular weight is 315 g/mol. The van der Waals surface area contributed by atoms with Gasteiger partial charge >= 0.3 is 5.97 Å². The Morgan fingerprint density at radius 3 is 2.72 bits per heavy atom. The first-order valence-corrected chi connectivity index (χ1v) is 6.60. The van der Waals surface area contributed by atoms with E-state index in [0.717, 1.165) is 22.9 Å². The lowest BCUT2D eigenvalue weighted by atomic mass is 9.91. The second kappa shape index (κ2) is 5.18. The van der Waals surface area contributed by atoms with Gasteiger partial charge in [0.2, 0.25) is 0 Å². The van der Waals surface area contributed by atoms with E-state index in [1.807, 2.05) is 0 Å². The molecule has 1 aromatic rings. The molecule has 1 aliphatic carbocycles. The summed E-state index contributed by atoms with van der Waals surface area (Å²) >= 11 is 3.42. The molecule has 1 unspecified atom stereocenters. The van der Waals surface area contributed by atoms with Crippen molar-refractivity contribution in [1.82, 2.24) is 0 Å². The molecule has 4 nitrogen and oxygen atoms in total. The highest BCUT2D eigenvalue weighted by atomic mass is 79.9. The number of benzene rings is 1. The molecule has 0 aliphatic heterocycles. The van der Waals surface area contributed by atoms with Crippen molar-refractivity contribution in [2.24, 2.45) is 5.92 Å². The molecule has 0 aromatic heterocycles. The lowest BCUT2D eigenvalue weighted by Gasteiger charge is -2.17. The van der Waals surface area contributed by atoms with Crippen molar-refractivity contribution in [3.8, 4) is 11.5 Å². The van der Waals surface area contributed by atoms with E-state index in [2.05, 4.69) is 15.9 Å². The Balaban J connectivity index is 2.35. The van der Waals surface area contributed by atoms with Crippen molar-refractivity contribution >= 4 is 21.9 Å². The molecule has 1 atom stereocenters. The topological polar surface area (TPSA) is 66.8 Å². The number of aromatic hydroxyl groups is 1. The summed E-state index contributed by atoms with van der Waals surface area (Å²) in [4.78, 5) is 10.9. The van der Waals surface area contributed by atoms with Crippen LogP contribution in [0.1, 0.15) is 30.7 Å². The van der Waals surface area contributed by atoms with Gasteiger partial charge in [0.05, 0.1) is 13.5 Å². The second-order valence-corrected chi connectivity index (χ2v) is 5.44. The fraction of sp³-hybridized carbons (Fsp3) is 0.462. The monoisotopic (exact) mass is 314 g/mol. The van der Waals surface area contributed by atoms with Crippen molar-refractivity contribution in [2.75, 3.05) is 7.11 Å². The Morgan fingerprint density at radius 1 is 1.56 bits per heavy atom. The number of methoxy groups -OCH3 is 1. The van der Waals surface area contributed by atoms with Crippen molar-refractivity contribution < 1.29 is 19.7 Å². The molecule has 5 heteroatoms. The van der Waals surface area contributed by atoms with Crippen LogP contribution in [-0.2, 0) is 4.79 Å². The third-order valence-corrected chi connectivity index (χ3v) is 3.97. The van der Waals surface area contributed by atoms with Crippen LogP contribution in [0, 0.1) is 5.92 Å². The van der Waals surface area contributed by atoms with Crippen LogP contribution in [0.5, 0.6) is 11.5 Å². The number of carbonyl (C=O) groups is 1. The van der Waals surface area contributed by atoms with Gasteiger partial charge in [0.1, 0.15) is 0 Å². The number of rotatable bonds is 5. The van der Waals surface area contributed by atoms with Crippen LogP contribution in [0.4, 0.5) is 0 Å². The van der Waals surface area contributed by atoms with Crippen LogP contribution >= 0.6 is 15.9 Å². The standard InChI is InChI=1S/C13H15BrO4/c1-18-12-6-10(14)9(4-11(12)15)8(5-13(16)17)7-2-3-7/h4,6-8,15H,2-3,5H2,1H3,(H,16,17). The molecule has 2 rings (SSSR count). The highest BCUT2D eigenvalue weighted by Gasteiger charge is 2.35. The van der Waals surface area contributed by atoms with Crippen molar-refractivity contribution in [1.29, 1.82) is 0 Å². The third kappa shape index (κ3) is 2.77. The highest BCUT2D eigenvalue weighted by molar-refractivity contribution is 9.10. The zero-order valence-electron chi connectivity index (χ0n) is 10.0. The Labute approximate surface area is 114 Å². The first kappa shape index (κ1) is 13.2. The summed E-state index contributed by atoms with van der Waals surface area (Å²) in [6.45, 7) is 0. The Hall–Kier alpha value is -1.23. The maximum atomic E-state index is 10.9. The van der Waals surface area contributed by atoms with E-state index < -0.39 is 5.97 Å². The van der Waals surface area contributed by atoms with Gasteiger partial charge in [0, 0.05) is 4.47 Å². The number of carboxylic acid groups (broad SMARTS) is 1. The number of aliphatic carboxylic acids is 1. The van der Waals surface area contributed by atoms with Crippen LogP contribution in [0.25, 0.3) is 0 Å². The Kier molecular flexibility index (Phi) is 3.80. The average Bonchev–Trinajstić information content (AvgIpc) is 3.12. The van der Waals surface area contributed by atoms with E-state index in [-0.39, 0.29) is 18.1 Å². The van der Waals surface area contributed by atoms with Gasteiger partial charge in [-0.3, -0.25) is 4.79 Å². The van der Waals surface area contributed by atoms with Gasteiger partial charge in [-0.15, -0.1) is 0 Å². The fourth-order valence-corrected chi connectivity index (χ4v) is 2.84. The minimum absolute atomic E-state index is 0.0475. The van der Waals surface area contributed by atoms with Gasteiger partial charge in [-0.2, -0.15) is 0 Å². The Bertz CT molecular complexity index is 468. The minimum Gasteiger partial charge on any atom is -0.504 e. The van der Waals surface area contributed by atoms with Gasteiger partial charge in [0.15, 0.2) is 11.5 Å². The van der Waals surface area contributed by atoms with Crippen molar-refractivity contribution in [2.45, 2.75) is 25.2 Å². The second-order valence-electron chi connectivity index (χ2n) is 4.59. The first-order chi connectivity index (χ1) is 8.52. The van der Waals surface area contributed by atoms with Gasteiger partial charge in [-0.25, -0.2) is 0 Å². The molecule has 1 saturated carbocycles. The maximum absolute atomic E-state index is 10.9. The molecule has 18 heavy (non-hydrogen) atoms. The van der Waals surface area contributed by atoms with Crippen LogP contribution in [0.15, 0.2) is 16.6 Å². The van der Waals surface area contributed by atoms with Gasteiger partial charge < -0.3 is 14.9 Å². The van der Waals surface area contributed by atoms with Crippen LogP contribution in [0.3, 0.4) is 0 Å².